The molecule has 0 atom stereocenters. The average molecular weight is 287 g/mol. The van der Waals surface area contributed by atoms with Crippen LogP contribution in [0.5, 0.6) is 0 Å². The summed E-state index contributed by atoms with van der Waals surface area (Å²) in [6, 6.07) is 8.05. The maximum absolute atomic E-state index is 11.1. The zero-order valence-electron chi connectivity index (χ0n) is 11.6. The van der Waals surface area contributed by atoms with Crippen molar-refractivity contribution < 1.29 is 4.74 Å². The number of nitrogens with zero attached hydrogens (tertiary/aromatic N) is 3. The van der Waals surface area contributed by atoms with Crippen LogP contribution < -0.4 is 10.9 Å². The van der Waals surface area contributed by atoms with E-state index in [1.54, 1.807) is 0 Å². The Hall–Kier alpha value is -2.25. The van der Waals surface area contributed by atoms with E-state index in [0.717, 1.165) is 44.7 Å². The molecule has 1 aromatic carbocycles. The molecule has 0 bridgehead atoms. The molecule has 1 aliphatic rings. The molecule has 110 valence electrons. The summed E-state index contributed by atoms with van der Waals surface area (Å²) < 4.78 is 5.34. The van der Waals surface area contributed by atoms with E-state index in [9.17, 15) is 4.79 Å². The monoisotopic (exact) mass is 287 g/mol. The number of nitrogens with one attached hydrogen (secondary N) is 2. The van der Waals surface area contributed by atoms with Gasteiger partial charge in [-0.05, 0) is 17.7 Å². The standard InChI is InChI=1S/C14H17N5O2/c20-13-9-15-18-14(17-13)16-12-3-1-11(2-4-12)10-19-5-7-21-8-6-19/h1-4,9H,5-8,10H2,(H2,16,17,18,20). The van der Waals surface area contributed by atoms with E-state index in [1.165, 1.54) is 5.56 Å². The highest BCUT2D eigenvalue weighted by Gasteiger charge is 2.10. The maximum atomic E-state index is 11.1. The lowest BCUT2D eigenvalue weighted by Crippen LogP contribution is -2.35. The molecule has 0 unspecified atom stereocenters. The summed E-state index contributed by atoms with van der Waals surface area (Å²) in [5.41, 5.74) is 1.82. The van der Waals surface area contributed by atoms with Gasteiger partial charge in [0.05, 0.1) is 13.2 Å². The lowest BCUT2D eigenvalue weighted by molar-refractivity contribution is 0.0342. The van der Waals surface area contributed by atoms with Crippen molar-refractivity contribution in [3.05, 3.63) is 46.4 Å². The van der Waals surface area contributed by atoms with Crippen LogP contribution in [0.15, 0.2) is 35.3 Å². The molecular formula is C14H17N5O2. The summed E-state index contributed by atoms with van der Waals surface area (Å²) >= 11 is 0. The molecular weight excluding hydrogens is 270 g/mol. The zero-order valence-corrected chi connectivity index (χ0v) is 11.6. The predicted molar refractivity (Wildman–Crippen MR) is 78.5 cm³/mol. The summed E-state index contributed by atoms with van der Waals surface area (Å²) in [5, 5.41) is 10.4. The number of H-pyrrole nitrogens is 1. The summed E-state index contributed by atoms with van der Waals surface area (Å²) in [4.78, 5) is 16.1. The molecule has 1 aromatic heterocycles. The molecule has 1 aliphatic heterocycles. The third-order valence-electron chi connectivity index (χ3n) is 3.30. The van der Waals surface area contributed by atoms with Crippen LogP contribution in [-0.4, -0.2) is 46.4 Å². The summed E-state index contributed by atoms with van der Waals surface area (Å²) in [5.74, 6) is 0.337. The minimum Gasteiger partial charge on any atom is -0.379 e. The predicted octanol–water partition coefficient (Wildman–Crippen LogP) is 0.741. The lowest BCUT2D eigenvalue weighted by atomic mass is 10.2. The maximum Gasteiger partial charge on any atom is 0.271 e. The second kappa shape index (κ2) is 6.47. The molecule has 0 saturated carbocycles. The van der Waals surface area contributed by atoms with Crippen molar-refractivity contribution in [2.75, 3.05) is 31.6 Å². The second-order valence-corrected chi connectivity index (χ2v) is 4.89. The summed E-state index contributed by atoms with van der Waals surface area (Å²) in [7, 11) is 0. The molecule has 0 radical (unpaired) electrons. The highest BCUT2D eigenvalue weighted by molar-refractivity contribution is 5.52. The SMILES string of the molecule is O=c1cnnc(Nc2ccc(CN3CCOCC3)cc2)[nH]1. The van der Waals surface area contributed by atoms with Gasteiger partial charge < -0.3 is 10.1 Å². The minimum absolute atomic E-state index is 0.281. The van der Waals surface area contributed by atoms with E-state index < -0.39 is 0 Å². The van der Waals surface area contributed by atoms with Gasteiger partial charge in [0.2, 0.25) is 5.95 Å². The van der Waals surface area contributed by atoms with Gasteiger partial charge >= 0.3 is 0 Å². The lowest BCUT2D eigenvalue weighted by Gasteiger charge is -2.26. The van der Waals surface area contributed by atoms with Crippen molar-refractivity contribution in [3.63, 3.8) is 0 Å². The Labute approximate surface area is 122 Å². The Morgan fingerprint density at radius 1 is 1.24 bits per heavy atom. The fourth-order valence-corrected chi connectivity index (χ4v) is 2.22. The Balaban J connectivity index is 1.62. The van der Waals surface area contributed by atoms with Gasteiger partial charge in [0.15, 0.2) is 0 Å². The molecule has 7 heteroatoms. The molecule has 0 spiro atoms. The molecule has 2 N–H and O–H groups in total. The van der Waals surface area contributed by atoms with E-state index in [2.05, 4.69) is 37.5 Å². The van der Waals surface area contributed by atoms with Gasteiger partial charge in [0.25, 0.3) is 5.56 Å². The topological polar surface area (TPSA) is 83.1 Å². The van der Waals surface area contributed by atoms with Crippen molar-refractivity contribution in [1.29, 1.82) is 0 Å². The van der Waals surface area contributed by atoms with Crippen LogP contribution in [-0.2, 0) is 11.3 Å². The van der Waals surface area contributed by atoms with E-state index in [0.29, 0.717) is 5.95 Å². The number of rotatable bonds is 4. The van der Waals surface area contributed by atoms with Gasteiger partial charge in [0.1, 0.15) is 6.20 Å². The molecule has 1 fully saturated rings. The average Bonchev–Trinajstić information content (AvgIpc) is 2.50. The number of morpholine rings is 1. The molecule has 0 aliphatic carbocycles. The van der Waals surface area contributed by atoms with Crippen LogP contribution in [0.2, 0.25) is 0 Å². The van der Waals surface area contributed by atoms with Crippen molar-refractivity contribution in [1.82, 2.24) is 20.1 Å². The van der Waals surface area contributed by atoms with E-state index >= 15 is 0 Å². The highest BCUT2D eigenvalue weighted by Crippen LogP contribution is 2.14. The van der Waals surface area contributed by atoms with Crippen LogP contribution in [0.4, 0.5) is 11.6 Å². The Bertz CT molecular complexity index is 634. The second-order valence-electron chi connectivity index (χ2n) is 4.89. The third-order valence-corrected chi connectivity index (χ3v) is 3.30. The van der Waals surface area contributed by atoms with E-state index in [4.69, 9.17) is 4.74 Å². The van der Waals surface area contributed by atoms with Crippen molar-refractivity contribution >= 4 is 11.6 Å². The molecule has 3 rings (SSSR count). The number of benzene rings is 1. The molecule has 7 nitrogen and oxygen atoms in total. The van der Waals surface area contributed by atoms with Crippen LogP contribution >= 0.6 is 0 Å². The van der Waals surface area contributed by atoms with Gasteiger partial charge in [-0.2, -0.15) is 0 Å². The first-order valence-electron chi connectivity index (χ1n) is 6.88. The van der Waals surface area contributed by atoms with Gasteiger partial charge in [-0.15, -0.1) is 10.2 Å². The third kappa shape index (κ3) is 3.87. The van der Waals surface area contributed by atoms with Gasteiger partial charge in [-0.25, -0.2) is 0 Å². The van der Waals surface area contributed by atoms with Crippen molar-refractivity contribution in [2.45, 2.75) is 6.54 Å². The Morgan fingerprint density at radius 2 is 2.00 bits per heavy atom. The van der Waals surface area contributed by atoms with Gasteiger partial charge in [0, 0.05) is 25.3 Å². The normalized spacial score (nSPS) is 15.8. The van der Waals surface area contributed by atoms with Crippen LogP contribution in [0.3, 0.4) is 0 Å². The van der Waals surface area contributed by atoms with Crippen LogP contribution in [0.25, 0.3) is 0 Å². The molecule has 2 aromatic rings. The quantitative estimate of drug-likeness (QED) is 0.863. The fraction of sp³-hybridized carbons (Fsp3) is 0.357. The first-order valence-corrected chi connectivity index (χ1v) is 6.88. The summed E-state index contributed by atoms with van der Waals surface area (Å²) in [6.07, 6.45) is 1.14. The zero-order chi connectivity index (χ0) is 14.5. The fourth-order valence-electron chi connectivity index (χ4n) is 2.22. The van der Waals surface area contributed by atoms with Crippen LogP contribution in [0, 0.1) is 0 Å². The smallest absolute Gasteiger partial charge is 0.271 e. The van der Waals surface area contributed by atoms with Gasteiger partial charge in [-0.3, -0.25) is 14.7 Å². The molecule has 0 amide bonds. The summed E-state index contributed by atoms with van der Waals surface area (Å²) in [6.45, 7) is 4.48. The van der Waals surface area contributed by atoms with Crippen LogP contribution in [0.1, 0.15) is 5.56 Å². The Morgan fingerprint density at radius 3 is 2.71 bits per heavy atom. The molecule has 21 heavy (non-hydrogen) atoms. The van der Waals surface area contributed by atoms with Gasteiger partial charge in [-0.1, -0.05) is 12.1 Å². The number of hydrogen-bond donors (Lipinski definition) is 2. The van der Waals surface area contributed by atoms with E-state index in [1.807, 2.05) is 12.1 Å². The highest BCUT2D eigenvalue weighted by atomic mass is 16.5. The number of ether oxygens (including phenoxy) is 1. The minimum atomic E-state index is -0.281. The van der Waals surface area contributed by atoms with Crippen molar-refractivity contribution in [2.24, 2.45) is 0 Å². The van der Waals surface area contributed by atoms with Crippen molar-refractivity contribution in [3.8, 4) is 0 Å². The number of aromatic nitrogens is 3. The Kier molecular flexibility index (Phi) is 4.23. The molecule has 1 saturated heterocycles. The first kappa shape index (κ1) is 13.7. The number of hydrogen-bond acceptors (Lipinski definition) is 6. The first-order chi connectivity index (χ1) is 10.3. The number of aromatic amines is 1. The largest absolute Gasteiger partial charge is 0.379 e. The number of anilines is 2. The molecule has 2 heterocycles. The van der Waals surface area contributed by atoms with E-state index in [-0.39, 0.29) is 5.56 Å².